The van der Waals surface area contributed by atoms with Crippen molar-refractivity contribution in [3.05, 3.63) is 54.3 Å². The van der Waals surface area contributed by atoms with Crippen molar-refractivity contribution in [3.63, 3.8) is 0 Å². The molecule has 9 heteroatoms. The SMILES string of the molecule is NS(=O)(=O)c1ccc(N2CCN(CC(=O)Nc3ccccc3F)CC2)cc1. The Balaban J connectivity index is 1.51. The molecule has 3 N–H and O–H groups in total. The molecular weight excluding hydrogens is 371 g/mol. The Labute approximate surface area is 157 Å². The zero-order valence-corrected chi connectivity index (χ0v) is 15.5. The van der Waals surface area contributed by atoms with Gasteiger partial charge in [0.1, 0.15) is 5.82 Å². The van der Waals surface area contributed by atoms with Crippen molar-refractivity contribution in [1.29, 1.82) is 0 Å². The minimum Gasteiger partial charge on any atom is -0.369 e. The average molecular weight is 392 g/mol. The molecule has 0 unspecified atom stereocenters. The highest BCUT2D eigenvalue weighted by atomic mass is 32.2. The van der Waals surface area contributed by atoms with Crippen molar-refractivity contribution in [2.45, 2.75) is 4.90 Å². The van der Waals surface area contributed by atoms with E-state index in [4.69, 9.17) is 5.14 Å². The van der Waals surface area contributed by atoms with Gasteiger partial charge >= 0.3 is 0 Å². The van der Waals surface area contributed by atoms with E-state index in [1.54, 1.807) is 24.3 Å². The van der Waals surface area contributed by atoms with Crippen LogP contribution >= 0.6 is 0 Å². The second kappa shape index (κ2) is 8.03. The number of piperazine rings is 1. The van der Waals surface area contributed by atoms with E-state index in [0.717, 1.165) is 5.69 Å². The molecule has 1 saturated heterocycles. The highest BCUT2D eigenvalue weighted by Crippen LogP contribution is 2.19. The molecule has 0 aromatic heterocycles. The molecule has 3 rings (SSSR count). The van der Waals surface area contributed by atoms with Crippen LogP contribution in [-0.2, 0) is 14.8 Å². The molecular formula is C18H21FN4O3S. The second-order valence-corrected chi connectivity index (χ2v) is 7.89. The standard InChI is InChI=1S/C18H21FN4O3S/c19-16-3-1-2-4-17(16)21-18(24)13-22-9-11-23(12-10-22)14-5-7-15(8-6-14)27(20,25)26/h1-8H,9-13H2,(H,21,24)(H2,20,25,26). The summed E-state index contributed by atoms with van der Waals surface area (Å²) in [7, 11) is -3.70. The molecule has 1 aliphatic heterocycles. The molecule has 0 saturated carbocycles. The van der Waals surface area contributed by atoms with Crippen molar-refractivity contribution in [2.75, 3.05) is 42.9 Å². The Morgan fingerprint density at radius 1 is 1.04 bits per heavy atom. The summed E-state index contributed by atoms with van der Waals surface area (Å²) in [5, 5.41) is 7.69. The minimum absolute atomic E-state index is 0.0784. The Hall–Kier alpha value is -2.49. The lowest BCUT2D eigenvalue weighted by Crippen LogP contribution is -2.48. The van der Waals surface area contributed by atoms with Gasteiger partial charge in [-0.1, -0.05) is 12.1 Å². The Bertz CT molecular complexity index is 910. The number of rotatable bonds is 5. The van der Waals surface area contributed by atoms with Crippen LogP contribution in [0, 0.1) is 5.82 Å². The van der Waals surface area contributed by atoms with E-state index < -0.39 is 15.8 Å². The third kappa shape index (κ3) is 5.03. The number of amides is 1. The van der Waals surface area contributed by atoms with Gasteiger partial charge in [0.25, 0.3) is 0 Å². The van der Waals surface area contributed by atoms with Crippen molar-refractivity contribution in [2.24, 2.45) is 5.14 Å². The first-order valence-corrected chi connectivity index (χ1v) is 10.0. The van der Waals surface area contributed by atoms with E-state index in [0.29, 0.717) is 26.2 Å². The number of hydrogen-bond donors (Lipinski definition) is 2. The summed E-state index contributed by atoms with van der Waals surface area (Å²) in [6.45, 7) is 2.92. The molecule has 0 bridgehead atoms. The van der Waals surface area contributed by atoms with Crippen LogP contribution < -0.4 is 15.4 Å². The molecule has 0 radical (unpaired) electrons. The summed E-state index contributed by atoms with van der Waals surface area (Å²) in [6, 6.07) is 12.5. The molecule has 7 nitrogen and oxygen atoms in total. The van der Waals surface area contributed by atoms with Crippen LogP contribution in [-0.4, -0.2) is 51.9 Å². The summed E-state index contributed by atoms with van der Waals surface area (Å²) in [6.07, 6.45) is 0. The van der Waals surface area contributed by atoms with Crippen LogP contribution in [0.3, 0.4) is 0 Å². The van der Waals surface area contributed by atoms with Gasteiger partial charge in [0.05, 0.1) is 17.1 Å². The van der Waals surface area contributed by atoms with Crippen LogP contribution in [0.2, 0.25) is 0 Å². The number of hydrogen-bond acceptors (Lipinski definition) is 5. The molecule has 1 amide bonds. The first-order valence-electron chi connectivity index (χ1n) is 8.47. The normalized spacial score (nSPS) is 15.6. The van der Waals surface area contributed by atoms with Crippen molar-refractivity contribution in [3.8, 4) is 0 Å². The van der Waals surface area contributed by atoms with Crippen molar-refractivity contribution in [1.82, 2.24) is 4.90 Å². The summed E-state index contributed by atoms with van der Waals surface area (Å²) in [5.41, 5.74) is 1.08. The van der Waals surface area contributed by atoms with Crippen molar-refractivity contribution < 1.29 is 17.6 Å². The fourth-order valence-corrected chi connectivity index (χ4v) is 3.48. The lowest BCUT2D eigenvalue weighted by atomic mass is 10.2. The number of nitrogens with one attached hydrogen (secondary N) is 1. The number of carbonyl (C=O) groups excluding carboxylic acids is 1. The summed E-state index contributed by atoms with van der Waals surface area (Å²) in [5.74, 6) is -0.718. The van der Waals surface area contributed by atoms with Gasteiger partial charge in [0.15, 0.2) is 0 Å². The first-order chi connectivity index (χ1) is 12.8. The van der Waals surface area contributed by atoms with E-state index in [2.05, 4.69) is 10.2 Å². The van der Waals surface area contributed by atoms with E-state index in [1.807, 2.05) is 4.90 Å². The van der Waals surface area contributed by atoms with E-state index >= 15 is 0 Å². The van der Waals surface area contributed by atoms with Gasteiger partial charge in [0, 0.05) is 31.9 Å². The smallest absolute Gasteiger partial charge is 0.238 e. The van der Waals surface area contributed by atoms with Crippen LogP contribution in [0.4, 0.5) is 15.8 Å². The molecule has 1 heterocycles. The number of carbonyl (C=O) groups is 1. The van der Waals surface area contributed by atoms with Crippen molar-refractivity contribution >= 4 is 27.3 Å². The summed E-state index contributed by atoms with van der Waals surface area (Å²) >= 11 is 0. The van der Waals surface area contributed by atoms with Gasteiger partial charge in [-0.05, 0) is 36.4 Å². The number of anilines is 2. The highest BCUT2D eigenvalue weighted by Gasteiger charge is 2.20. The Kier molecular flexibility index (Phi) is 5.73. The number of halogens is 1. The number of nitrogens with two attached hydrogens (primary N) is 1. The molecule has 2 aromatic carbocycles. The maximum Gasteiger partial charge on any atom is 0.238 e. The van der Waals surface area contributed by atoms with Crippen LogP contribution in [0.5, 0.6) is 0 Å². The van der Waals surface area contributed by atoms with Gasteiger partial charge in [-0.25, -0.2) is 17.9 Å². The molecule has 1 fully saturated rings. The summed E-state index contributed by atoms with van der Waals surface area (Å²) in [4.78, 5) is 16.3. The van der Waals surface area contributed by atoms with Gasteiger partial charge in [0.2, 0.25) is 15.9 Å². The zero-order valence-electron chi connectivity index (χ0n) is 14.6. The fraction of sp³-hybridized carbons (Fsp3) is 0.278. The Morgan fingerprint density at radius 3 is 2.26 bits per heavy atom. The monoisotopic (exact) mass is 392 g/mol. The molecule has 1 aliphatic rings. The lowest BCUT2D eigenvalue weighted by Gasteiger charge is -2.35. The molecule has 2 aromatic rings. The number of sulfonamides is 1. The largest absolute Gasteiger partial charge is 0.369 e. The third-order valence-electron chi connectivity index (χ3n) is 4.42. The molecule has 0 spiro atoms. The second-order valence-electron chi connectivity index (χ2n) is 6.33. The topological polar surface area (TPSA) is 95.7 Å². The minimum atomic E-state index is -3.70. The first kappa shape index (κ1) is 19.3. The van der Waals surface area contributed by atoms with Crippen LogP contribution in [0.15, 0.2) is 53.4 Å². The van der Waals surface area contributed by atoms with E-state index in [-0.39, 0.29) is 23.0 Å². The van der Waals surface area contributed by atoms with E-state index in [1.165, 1.54) is 24.3 Å². The predicted octanol–water partition coefficient (Wildman–Crippen LogP) is 1.23. The third-order valence-corrected chi connectivity index (χ3v) is 5.35. The quantitative estimate of drug-likeness (QED) is 0.798. The highest BCUT2D eigenvalue weighted by molar-refractivity contribution is 7.89. The predicted molar refractivity (Wildman–Crippen MR) is 101 cm³/mol. The van der Waals surface area contributed by atoms with E-state index in [9.17, 15) is 17.6 Å². The van der Waals surface area contributed by atoms with Gasteiger partial charge in [-0.15, -0.1) is 0 Å². The summed E-state index contributed by atoms with van der Waals surface area (Å²) < 4.78 is 36.2. The number of primary sulfonamides is 1. The molecule has 0 atom stereocenters. The van der Waals surface area contributed by atoms with Gasteiger partial charge < -0.3 is 10.2 Å². The lowest BCUT2D eigenvalue weighted by molar-refractivity contribution is -0.117. The molecule has 144 valence electrons. The van der Waals surface area contributed by atoms with Crippen LogP contribution in [0.1, 0.15) is 0 Å². The average Bonchev–Trinajstić information content (AvgIpc) is 2.64. The van der Waals surface area contributed by atoms with Gasteiger partial charge in [-0.3, -0.25) is 9.69 Å². The molecule has 27 heavy (non-hydrogen) atoms. The fourth-order valence-electron chi connectivity index (χ4n) is 2.97. The van der Waals surface area contributed by atoms with Crippen LogP contribution in [0.25, 0.3) is 0 Å². The number of para-hydroxylation sites is 1. The van der Waals surface area contributed by atoms with Gasteiger partial charge in [-0.2, -0.15) is 0 Å². The maximum absolute atomic E-state index is 13.6. The zero-order chi connectivity index (χ0) is 19.4. The number of nitrogens with zero attached hydrogens (tertiary/aromatic N) is 2. The Morgan fingerprint density at radius 2 is 1.67 bits per heavy atom. The number of benzene rings is 2. The molecule has 0 aliphatic carbocycles. The maximum atomic E-state index is 13.6.